The Morgan fingerprint density at radius 1 is 1.22 bits per heavy atom. The highest BCUT2D eigenvalue weighted by Crippen LogP contribution is 2.29. The Kier molecular flexibility index (Phi) is 3.31. The summed E-state index contributed by atoms with van der Waals surface area (Å²) < 4.78 is 0. The number of halogens is 1. The van der Waals surface area contributed by atoms with Crippen molar-refractivity contribution in [3.63, 3.8) is 0 Å². The lowest BCUT2D eigenvalue weighted by atomic mass is 10.1. The van der Waals surface area contributed by atoms with Gasteiger partial charge in [0.25, 0.3) is 0 Å². The second-order valence-corrected chi connectivity index (χ2v) is 4.66. The van der Waals surface area contributed by atoms with Crippen molar-refractivity contribution in [3.05, 3.63) is 39.3 Å². The zero-order chi connectivity index (χ0) is 13.3. The highest BCUT2D eigenvalue weighted by molar-refractivity contribution is 7.12. The van der Waals surface area contributed by atoms with Crippen molar-refractivity contribution in [1.82, 2.24) is 4.98 Å². The fourth-order valence-electron chi connectivity index (χ4n) is 1.43. The molecule has 2 rings (SSSR count). The van der Waals surface area contributed by atoms with Crippen LogP contribution < -0.4 is 0 Å². The Bertz CT molecular complexity index is 638. The van der Waals surface area contributed by atoms with Crippen LogP contribution in [0.5, 0.6) is 0 Å². The van der Waals surface area contributed by atoms with Crippen molar-refractivity contribution in [1.29, 1.82) is 0 Å². The van der Waals surface area contributed by atoms with Crippen molar-refractivity contribution in [3.8, 4) is 11.1 Å². The molecule has 7 heteroatoms. The SMILES string of the molecule is O=C(O)c1cc(-c2cnc(Cl)cc2C(=O)O)cs1. The third kappa shape index (κ3) is 2.34. The minimum absolute atomic E-state index is 0.00950. The van der Waals surface area contributed by atoms with Gasteiger partial charge in [0.2, 0.25) is 0 Å². The summed E-state index contributed by atoms with van der Waals surface area (Å²) in [5.74, 6) is -2.19. The molecule has 0 radical (unpaired) electrons. The van der Waals surface area contributed by atoms with Crippen molar-refractivity contribution in [2.75, 3.05) is 0 Å². The molecular formula is C11H6ClNO4S. The van der Waals surface area contributed by atoms with E-state index < -0.39 is 11.9 Å². The minimum atomic E-state index is -1.14. The van der Waals surface area contributed by atoms with Gasteiger partial charge < -0.3 is 10.2 Å². The summed E-state index contributed by atoms with van der Waals surface area (Å²) in [4.78, 5) is 25.8. The molecule has 2 aromatic heterocycles. The van der Waals surface area contributed by atoms with Crippen LogP contribution in [-0.4, -0.2) is 27.1 Å². The highest BCUT2D eigenvalue weighted by Gasteiger charge is 2.16. The summed E-state index contributed by atoms with van der Waals surface area (Å²) in [6.45, 7) is 0. The quantitative estimate of drug-likeness (QED) is 0.846. The topological polar surface area (TPSA) is 87.5 Å². The van der Waals surface area contributed by atoms with Crippen LogP contribution in [0.15, 0.2) is 23.7 Å². The monoisotopic (exact) mass is 283 g/mol. The van der Waals surface area contributed by atoms with Crippen molar-refractivity contribution >= 4 is 34.9 Å². The number of hydrogen-bond acceptors (Lipinski definition) is 4. The first-order valence-electron chi connectivity index (χ1n) is 4.70. The summed E-state index contributed by atoms with van der Waals surface area (Å²) in [5.41, 5.74) is 0.833. The zero-order valence-electron chi connectivity index (χ0n) is 8.75. The molecule has 0 fully saturated rings. The molecule has 5 nitrogen and oxygen atoms in total. The molecule has 2 aromatic rings. The van der Waals surface area contributed by atoms with Crippen LogP contribution in [0.4, 0.5) is 0 Å². The molecule has 0 aromatic carbocycles. The maximum absolute atomic E-state index is 11.1. The molecule has 0 saturated heterocycles. The molecule has 0 aliphatic rings. The molecule has 0 amide bonds. The predicted octanol–water partition coefficient (Wildman–Crippen LogP) is 2.86. The number of carboxylic acids is 2. The average molecular weight is 284 g/mol. The van der Waals surface area contributed by atoms with Gasteiger partial charge in [-0.1, -0.05) is 11.6 Å². The van der Waals surface area contributed by atoms with Gasteiger partial charge in [-0.3, -0.25) is 0 Å². The molecular weight excluding hydrogens is 278 g/mol. The lowest BCUT2D eigenvalue weighted by Crippen LogP contribution is -2.00. The van der Waals surface area contributed by atoms with Gasteiger partial charge in [0.1, 0.15) is 10.0 Å². The van der Waals surface area contributed by atoms with Gasteiger partial charge in [-0.15, -0.1) is 11.3 Å². The van der Waals surface area contributed by atoms with Gasteiger partial charge >= 0.3 is 11.9 Å². The lowest BCUT2D eigenvalue weighted by molar-refractivity contribution is 0.0689. The molecule has 0 bridgehead atoms. The number of rotatable bonds is 3. The number of aromatic nitrogens is 1. The van der Waals surface area contributed by atoms with Crippen LogP contribution in [-0.2, 0) is 0 Å². The maximum Gasteiger partial charge on any atom is 0.345 e. The fourth-order valence-corrected chi connectivity index (χ4v) is 2.33. The van der Waals surface area contributed by atoms with E-state index in [1.165, 1.54) is 18.3 Å². The Balaban J connectivity index is 2.55. The van der Waals surface area contributed by atoms with Crippen LogP contribution in [0.1, 0.15) is 20.0 Å². The Morgan fingerprint density at radius 3 is 2.50 bits per heavy atom. The first kappa shape index (κ1) is 12.5. The standard InChI is InChI=1S/C11H6ClNO4S/c12-9-2-6(10(14)15)7(3-13-9)5-1-8(11(16)17)18-4-5/h1-4H,(H,14,15)(H,16,17). The van der Waals surface area contributed by atoms with E-state index in [9.17, 15) is 9.59 Å². The summed E-state index contributed by atoms with van der Waals surface area (Å²) >= 11 is 6.66. The van der Waals surface area contributed by atoms with E-state index in [2.05, 4.69) is 4.98 Å². The molecule has 0 unspecified atom stereocenters. The maximum atomic E-state index is 11.1. The normalized spacial score (nSPS) is 10.3. The van der Waals surface area contributed by atoms with Crippen LogP contribution in [0, 0.1) is 0 Å². The second-order valence-electron chi connectivity index (χ2n) is 3.36. The number of pyridine rings is 1. The van der Waals surface area contributed by atoms with Gasteiger partial charge in [-0.2, -0.15) is 0 Å². The third-order valence-corrected chi connectivity index (χ3v) is 3.35. The van der Waals surface area contributed by atoms with Crippen LogP contribution >= 0.6 is 22.9 Å². The Labute approximate surface area is 110 Å². The Morgan fingerprint density at radius 2 is 1.94 bits per heavy atom. The molecule has 0 atom stereocenters. The van der Waals surface area contributed by atoms with Crippen molar-refractivity contribution < 1.29 is 19.8 Å². The molecule has 2 heterocycles. The second kappa shape index (κ2) is 4.75. The number of nitrogens with zero attached hydrogens (tertiary/aromatic N) is 1. The van der Waals surface area contributed by atoms with Gasteiger partial charge in [0, 0.05) is 11.8 Å². The van der Waals surface area contributed by atoms with Gasteiger partial charge in [0.15, 0.2) is 0 Å². The number of hydrogen-bond donors (Lipinski definition) is 2. The highest BCUT2D eigenvalue weighted by atomic mass is 35.5. The van der Waals surface area contributed by atoms with Gasteiger partial charge in [0.05, 0.1) is 5.56 Å². The summed E-state index contributed by atoms with van der Waals surface area (Å²) in [6.07, 6.45) is 1.32. The van der Waals surface area contributed by atoms with Crippen LogP contribution in [0.25, 0.3) is 11.1 Å². The molecule has 92 valence electrons. The minimum Gasteiger partial charge on any atom is -0.478 e. The molecule has 2 N–H and O–H groups in total. The van der Waals surface area contributed by atoms with Gasteiger partial charge in [-0.25, -0.2) is 14.6 Å². The number of aromatic carboxylic acids is 2. The first-order valence-corrected chi connectivity index (χ1v) is 5.96. The summed E-state index contributed by atoms with van der Waals surface area (Å²) in [5, 5.41) is 19.5. The van der Waals surface area contributed by atoms with Gasteiger partial charge in [-0.05, 0) is 23.1 Å². The van der Waals surface area contributed by atoms with E-state index >= 15 is 0 Å². The molecule has 18 heavy (non-hydrogen) atoms. The number of thiophene rings is 1. The van der Waals surface area contributed by atoms with Crippen LogP contribution in [0.2, 0.25) is 5.15 Å². The van der Waals surface area contributed by atoms with Crippen molar-refractivity contribution in [2.45, 2.75) is 0 Å². The van der Waals surface area contributed by atoms with E-state index in [0.717, 1.165) is 11.3 Å². The third-order valence-electron chi connectivity index (χ3n) is 2.22. The summed E-state index contributed by atoms with van der Waals surface area (Å²) in [7, 11) is 0. The number of carbonyl (C=O) groups is 2. The van der Waals surface area contributed by atoms with E-state index in [-0.39, 0.29) is 15.6 Å². The lowest BCUT2D eigenvalue weighted by Gasteiger charge is -2.03. The molecule has 0 spiro atoms. The summed E-state index contributed by atoms with van der Waals surface area (Å²) in [6, 6.07) is 2.64. The Hall–Kier alpha value is -1.92. The van der Waals surface area contributed by atoms with E-state index in [1.54, 1.807) is 5.38 Å². The first-order chi connectivity index (χ1) is 8.49. The van der Waals surface area contributed by atoms with E-state index in [1.807, 2.05) is 0 Å². The average Bonchev–Trinajstić information content (AvgIpc) is 2.78. The fraction of sp³-hybridized carbons (Fsp3) is 0. The molecule has 0 aliphatic carbocycles. The van der Waals surface area contributed by atoms with E-state index in [4.69, 9.17) is 21.8 Å². The predicted molar refractivity (Wildman–Crippen MR) is 66.5 cm³/mol. The smallest absolute Gasteiger partial charge is 0.345 e. The molecule has 0 aliphatic heterocycles. The van der Waals surface area contributed by atoms with E-state index in [0.29, 0.717) is 11.1 Å². The molecule has 0 saturated carbocycles. The zero-order valence-corrected chi connectivity index (χ0v) is 10.3. The number of carboxylic acid groups (broad SMARTS) is 2. The van der Waals surface area contributed by atoms with Crippen LogP contribution in [0.3, 0.4) is 0 Å². The van der Waals surface area contributed by atoms with Crippen molar-refractivity contribution in [2.24, 2.45) is 0 Å². The largest absolute Gasteiger partial charge is 0.478 e.